The molecule has 0 spiro atoms. The van der Waals surface area contributed by atoms with Gasteiger partial charge < -0.3 is 0 Å². The first-order chi connectivity index (χ1) is 11.4. The Morgan fingerprint density at radius 2 is 1.79 bits per heavy atom. The van der Waals surface area contributed by atoms with E-state index in [2.05, 4.69) is 17.5 Å². The van der Waals surface area contributed by atoms with Crippen LogP contribution in [0.5, 0.6) is 0 Å². The van der Waals surface area contributed by atoms with Gasteiger partial charge in [-0.3, -0.25) is 14.9 Å². The van der Waals surface area contributed by atoms with Crippen LogP contribution in [0, 0.1) is 17.0 Å². The molecule has 0 saturated carbocycles. The highest BCUT2D eigenvalue weighted by Crippen LogP contribution is 2.18. The van der Waals surface area contributed by atoms with E-state index in [1.54, 1.807) is 6.92 Å². The quantitative estimate of drug-likeness (QED) is 0.517. The number of nitrogens with zero attached hydrogens (tertiary/aromatic N) is 2. The first-order valence-corrected chi connectivity index (χ1v) is 7.61. The number of nitro benzene ring substituents is 1. The van der Waals surface area contributed by atoms with E-state index < -0.39 is 10.8 Å². The fourth-order valence-electron chi connectivity index (χ4n) is 2.25. The van der Waals surface area contributed by atoms with Crippen molar-refractivity contribution in [1.82, 2.24) is 5.43 Å². The smallest absolute Gasteiger partial charge is 0.267 e. The monoisotopic (exact) mass is 325 g/mol. The van der Waals surface area contributed by atoms with Gasteiger partial charge in [0.15, 0.2) is 0 Å². The highest BCUT2D eigenvalue weighted by atomic mass is 16.6. The van der Waals surface area contributed by atoms with Crippen molar-refractivity contribution in [1.29, 1.82) is 0 Å². The lowest BCUT2D eigenvalue weighted by atomic mass is 10.1. The maximum Gasteiger partial charge on any atom is 0.272 e. The fraction of sp³-hybridized carbons (Fsp3) is 0.222. The molecule has 1 amide bonds. The molecule has 0 fully saturated rings. The number of benzene rings is 2. The summed E-state index contributed by atoms with van der Waals surface area (Å²) in [5, 5.41) is 14.9. The summed E-state index contributed by atoms with van der Waals surface area (Å²) in [5.74, 6) is -0.405. The first kappa shape index (κ1) is 17.3. The molecular weight excluding hydrogens is 306 g/mol. The Balaban J connectivity index is 2.11. The van der Waals surface area contributed by atoms with Crippen molar-refractivity contribution in [3.63, 3.8) is 0 Å². The van der Waals surface area contributed by atoms with Crippen LogP contribution < -0.4 is 5.43 Å². The van der Waals surface area contributed by atoms with Gasteiger partial charge in [-0.1, -0.05) is 31.2 Å². The first-order valence-electron chi connectivity index (χ1n) is 7.61. The summed E-state index contributed by atoms with van der Waals surface area (Å²) in [6.45, 7) is 5.49. The van der Waals surface area contributed by atoms with Crippen LogP contribution in [-0.4, -0.2) is 16.5 Å². The van der Waals surface area contributed by atoms with Crippen molar-refractivity contribution in [2.24, 2.45) is 5.10 Å². The van der Waals surface area contributed by atoms with E-state index in [0.717, 1.165) is 12.0 Å². The van der Waals surface area contributed by atoms with Crippen molar-refractivity contribution in [2.45, 2.75) is 27.2 Å². The van der Waals surface area contributed by atoms with Crippen LogP contribution >= 0.6 is 0 Å². The molecule has 2 aromatic carbocycles. The number of carbonyl (C=O) groups is 1. The Kier molecular flexibility index (Phi) is 5.42. The van der Waals surface area contributed by atoms with E-state index in [-0.39, 0.29) is 5.69 Å². The minimum absolute atomic E-state index is 0.0118. The molecule has 24 heavy (non-hydrogen) atoms. The van der Waals surface area contributed by atoms with Crippen LogP contribution in [0.25, 0.3) is 0 Å². The van der Waals surface area contributed by atoms with Crippen molar-refractivity contribution in [3.8, 4) is 0 Å². The summed E-state index contributed by atoms with van der Waals surface area (Å²) in [4.78, 5) is 22.5. The largest absolute Gasteiger partial charge is 0.272 e. The van der Waals surface area contributed by atoms with Gasteiger partial charge in [0.1, 0.15) is 0 Å². The molecule has 0 saturated heterocycles. The van der Waals surface area contributed by atoms with Crippen LogP contribution in [-0.2, 0) is 6.42 Å². The van der Waals surface area contributed by atoms with E-state index in [4.69, 9.17) is 0 Å². The zero-order chi connectivity index (χ0) is 17.7. The van der Waals surface area contributed by atoms with Crippen molar-refractivity contribution in [2.75, 3.05) is 0 Å². The number of aryl methyl sites for hydroxylation is 2. The van der Waals surface area contributed by atoms with Crippen LogP contribution in [0.1, 0.15) is 40.9 Å². The van der Waals surface area contributed by atoms with E-state index in [0.29, 0.717) is 16.8 Å². The number of hydrogen-bond donors (Lipinski definition) is 1. The highest BCUT2D eigenvalue weighted by Gasteiger charge is 2.13. The Morgan fingerprint density at radius 3 is 2.33 bits per heavy atom. The third-order valence-electron chi connectivity index (χ3n) is 3.76. The van der Waals surface area contributed by atoms with Crippen molar-refractivity contribution >= 4 is 17.3 Å². The third kappa shape index (κ3) is 4.04. The molecule has 6 heteroatoms. The number of hydrogen-bond acceptors (Lipinski definition) is 4. The molecule has 0 aliphatic rings. The van der Waals surface area contributed by atoms with Gasteiger partial charge in [0.2, 0.25) is 0 Å². The molecule has 6 nitrogen and oxygen atoms in total. The Morgan fingerprint density at radius 1 is 1.17 bits per heavy atom. The minimum atomic E-state index is -0.473. The minimum Gasteiger partial charge on any atom is -0.267 e. The third-order valence-corrected chi connectivity index (χ3v) is 3.76. The summed E-state index contributed by atoms with van der Waals surface area (Å²) in [6.07, 6.45) is 0.965. The predicted octanol–water partition coefficient (Wildman–Crippen LogP) is 3.62. The maximum atomic E-state index is 12.1. The van der Waals surface area contributed by atoms with Gasteiger partial charge in [0.05, 0.1) is 10.6 Å². The zero-order valence-electron chi connectivity index (χ0n) is 13.9. The van der Waals surface area contributed by atoms with Gasteiger partial charge in [-0.2, -0.15) is 5.10 Å². The van der Waals surface area contributed by atoms with Crippen LogP contribution in [0.4, 0.5) is 5.69 Å². The molecule has 0 heterocycles. The Bertz CT molecular complexity index is 796. The highest BCUT2D eigenvalue weighted by molar-refractivity contribution is 6.01. The standard InChI is InChI=1S/C18H19N3O3/c1-4-14-5-7-15(8-6-14)13(3)19-20-18(22)16-9-10-17(21(23)24)12(2)11-16/h5-11H,4H2,1-3H3,(H,20,22)/b19-13+. The number of nitrogens with one attached hydrogen (secondary N) is 1. The Labute approximate surface area is 140 Å². The lowest BCUT2D eigenvalue weighted by molar-refractivity contribution is -0.385. The second-order valence-electron chi connectivity index (χ2n) is 5.45. The van der Waals surface area contributed by atoms with E-state index in [9.17, 15) is 14.9 Å². The molecule has 0 aliphatic carbocycles. The van der Waals surface area contributed by atoms with Crippen molar-refractivity contribution in [3.05, 3.63) is 74.8 Å². The average molecular weight is 325 g/mol. The molecule has 0 bridgehead atoms. The van der Waals surface area contributed by atoms with Crippen molar-refractivity contribution < 1.29 is 9.72 Å². The zero-order valence-corrected chi connectivity index (χ0v) is 13.9. The number of rotatable bonds is 5. The molecule has 0 unspecified atom stereocenters. The molecule has 0 radical (unpaired) electrons. The van der Waals surface area contributed by atoms with Gasteiger partial charge in [0.25, 0.3) is 11.6 Å². The molecule has 124 valence electrons. The second-order valence-corrected chi connectivity index (χ2v) is 5.45. The van der Waals surface area contributed by atoms with Crippen LogP contribution in [0.2, 0.25) is 0 Å². The average Bonchev–Trinajstić information content (AvgIpc) is 2.59. The number of amides is 1. The van der Waals surface area contributed by atoms with Gasteiger partial charge >= 0.3 is 0 Å². The summed E-state index contributed by atoms with van der Waals surface area (Å²) >= 11 is 0. The van der Waals surface area contributed by atoms with Crippen LogP contribution in [0.15, 0.2) is 47.6 Å². The second kappa shape index (κ2) is 7.50. The summed E-state index contributed by atoms with van der Waals surface area (Å²) in [6, 6.07) is 12.2. The van der Waals surface area contributed by atoms with E-state index >= 15 is 0 Å². The summed E-state index contributed by atoms with van der Waals surface area (Å²) < 4.78 is 0. The van der Waals surface area contributed by atoms with Gasteiger partial charge in [0, 0.05) is 17.2 Å². The molecule has 0 atom stereocenters. The normalized spacial score (nSPS) is 11.2. The topological polar surface area (TPSA) is 84.6 Å². The number of carbonyl (C=O) groups excluding carboxylic acids is 1. The fourth-order valence-corrected chi connectivity index (χ4v) is 2.25. The lowest BCUT2D eigenvalue weighted by Gasteiger charge is -2.05. The SMILES string of the molecule is CCc1ccc(/C(C)=N/NC(=O)c2ccc([N+](=O)[O-])c(C)c2)cc1. The number of nitro groups is 1. The predicted molar refractivity (Wildman–Crippen MR) is 93.3 cm³/mol. The van der Waals surface area contributed by atoms with Gasteiger partial charge in [-0.15, -0.1) is 0 Å². The summed E-state index contributed by atoms with van der Waals surface area (Å²) in [5.41, 5.74) is 6.07. The molecule has 2 aromatic rings. The lowest BCUT2D eigenvalue weighted by Crippen LogP contribution is -2.19. The van der Waals surface area contributed by atoms with E-state index in [1.165, 1.54) is 23.8 Å². The van der Waals surface area contributed by atoms with Gasteiger partial charge in [-0.25, -0.2) is 5.43 Å². The van der Waals surface area contributed by atoms with E-state index in [1.807, 2.05) is 31.2 Å². The molecule has 2 rings (SSSR count). The summed E-state index contributed by atoms with van der Waals surface area (Å²) in [7, 11) is 0. The maximum absolute atomic E-state index is 12.1. The molecule has 1 N–H and O–H groups in total. The molecule has 0 aliphatic heterocycles. The Hall–Kier alpha value is -3.02. The molecule has 0 aromatic heterocycles. The van der Waals surface area contributed by atoms with Gasteiger partial charge in [-0.05, 0) is 43.5 Å². The number of hydrazone groups is 1. The molecular formula is C18H19N3O3. The van der Waals surface area contributed by atoms with Crippen LogP contribution in [0.3, 0.4) is 0 Å².